The third-order valence-corrected chi connectivity index (χ3v) is 7.45. The van der Waals surface area contributed by atoms with Crippen molar-refractivity contribution in [1.82, 2.24) is 9.21 Å². The number of carbonyl (C=O) groups excluding carboxylic acids is 2. The van der Waals surface area contributed by atoms with Crippen LogP contribution in [0.15, 0.2) is 17.0 Å². The quantitative estimate of drug-likeness (QED) is 0.709. The summed E-state index contributed by atoms with van der Waals surface area (Å²) in [5.74, 6) is -0.344. The molecule has 0 saturated carbocycles. The van der Waals surface area contributed by atoms with E-state index in [9.17, 15) is 18.0 Å². The van der Waals surface area contributed by atoms with Crippen molar-refractivity contribution in [2.75, 3.05) is 25.0 Å². The van der Waals surface area contributed by atoms with E-state index in [1.54, 1.807) is 40.7 Å². The summed E-state index contributed by atoms with van der Waals surface area (Å²) in [5.41, 5.74) is 1.33. The van der Waals surface area contributed by atoms with Crippen molar-refractivity contribution in [2.45, 2.75) is 77.8 Å². The molecule has 0 unspecified atom stereocenters. The molecule has 31 heavy (non-hydrogen) atoms. The molecule has 1 saturated heterocycles. The minimum Gasteiger partial charge on any atom is -0.444 e. The van der Waals surface area contributed by atoms with Gasteiger partial charge in [-0.1, -0.05) is 13.8 Å². The van der Waals surface area contributed by atoms with E-state index in [-0.39, 0.29) is 10.8 Å². The van der Waals surface area contributed by atoms with Gasteiger partial charge in [0.2, 0.25) is 15.9 Å². The van der Waals surface area contributed by atoms with E-state index in [0.717, 1.165) is 11.1 Å². The van der Waals surface area contributed by atoms with Gasteiger partial charge in [0.05, 0.1) is 4.90 Å². The molecule has 2 amide bonds. The van der Waals surface area contributed by atoms with Crippen LogP contribution in [0.5, 0.6) is 0 Å². The summed E-state index contributed by atoms with van der Waals surface area (Å²) < 4.78 is 32.8. The van der Waals surface area contributed by atoms with Gasteiger partial charge in [-0.25, -0.2) is 13.2 Å². The summed E-state index contributed by atoms with van der Waals surface area (Å²) in [5, 5.41) is 2.86. The average molecular weight is 454 g/mol. The van der Waals surface area contributed by atoms with Crippen LogP contribution in [-0.2, 0) is 19.6 Å². The fourth-order valence-corrected chi connectivity index (χ4v) is 5.18. The standard InChI is InChI=1S/C22H35N3O5S/c1-8-24(9-2)31(28,29)17-13-15(3)16(4)18(14-17)23-20(26)19-11-10-12-25(19)21(27)30-22(5,6)7/h13-14,19H,8-12H2,1-7H3,(H,23,26)/t19-/m0/s1. The number of anilines is 1. The predicted molar refractivity (Wildman–Crippen MR) is 121 cm³/mol. The van der Waals surface area contributed by atoms with Gasteiger partial charge in [-0.05, 0) is 70.7 Å². The van der Waals surface area contributed by atoms with Gasteiger partial charge in [0.15, 0.2) is 0 Å². The molecule has 0 aromatic heterocycles. The highest BCUT2D eigenvalue weighted by atomic mass is 32.2. The van der Waals surface area contributed by atoms with E-state index in [1.807, 2.05) is 13.8 Å². The summed E-state index contributed by atoms with van der Waals surface area (Å²) in [6, 6.07) is 2.47. The Kier molecular flexibility index (Phi) is 7.75. The normalized spacial score (nSPS) is 17.2. The van der Waals surface area contributed by atoms with Gasteiger partial charge in [-0.3, -0.25) is 9.69 Å². The van der Waals surface area contributed by atoms with Crippen molar-refractivity contribution in [1.29, 1.82) is 0 Å². The lowest BCUT2D eigenvalue weighted by atomic mass is 10.1. The van der Waals surface area contributed by atoms with Crippen LogP contribution < -0.4 is 5.32 Å². The van der Waals surface area contributed by atoms with Gasteiger partial charge in [-0.15, -0.1) is 0 Å². The van der Waals surface area contributed by atoms with E-state index in [4.69, 9.17) is 4.74 Å². The Morgan fingerprint density at radius 3 is 2.35 bits per heavy atom. The van der Waals surface area contributed by atoms with Crippen LogP contribution in [0.3, 0.4) is 0 Å². The molecule has 1 aromatic carbocycles. The predicted octanol–water partition coefficient (Wildman–Crippen LogP) is 3.67. The molecular formula is C22H35N3O5S. The molecule has 0 bridgehead atoms. The molecule has 174 valence electrons. The van der Waals surface area contributed by atoms with Crippen molar-refractivity contribution in [3.8, 4) is 0 Å². The first-order valence-electron chi connectivity index (χ1n) is 10.7. The summed E-state index contributed by atoms with van der Waals surface area (Å²) in [7, 11) is -3.66. The van der Waals surface area contributed by atoms with E-state index < -0.39 is 27.8 Å². The van der Waals surface area contributed by atoms with Gasteiger partial charge in [-0.2, -0.15) is 4.31 Å². The Bertz CT molecular complexity index is 933. The van der Waals surface area contributed by atoms with Crippen molar-refractivity contribution in [3.63, 3.8) is 0 Å². The zero-order chi connectivity index (χ0) is 23.6. The molecule has 1 aliphatic heterocycles. The summed E-state index contributed by atoms with van der Waals surface area (Å²) >= 11 is 0. The third-order valence-electron chi connectivity index (χ3n) is 5.43. The second-order valence-electron chi connectivity index (χ2n) is 8.82. The monoisotopic (exact) mass is 453 g/mol. The van der Waals surface area contributed by atoms with Gasteiger partial charge in [0, 0.05) is 25.3 Å². The second kappa shape index (κ2) is 9.56. The molecule has 1 N–H and O–H groups in total. The summed E-state index contributed by atoms with van der Waals surface area (Å²) in [6.07, 6.45) is 0.711. The second-order valence-corrected chi connectivity index (χ2v) is 10.8. The number of nitrogens with one attached hydrogen (secondary N) is 1. The Labute approximate surface area is 186 Å². The van der Waals surface area contributed by atoms with Crippen LogP contribution in [0.2, 0.25) is 0 Å². The minimum absolute atomic E-state index is 0.144. The van der Waals surface area contributed by atoms with Gasteiger partial charge >= 0.3 is 6.09 Å². The minimum atomic E-state index is -3.66. The Morgan fingerprint density at radius 1 is 1.19 bits per heavy atom. The number of nitrogens with zero attached hydrogens (tertiary/aromatic N) is 2. The van der Waals surface area contributed by atoms with Crippen LogP contribution >= 0.6 is 0 Å². The zero-order valence-corrected chi connectivity index (χ0v) is 20.4. The maximum Gasteiger partial charge on any atom is 0.410 e. The Hall–Kier alpha value is -2.13. The highest BCUT2D eigenvalue weighted by molar-refractivity contribution is 7.89. The SMILES string of the molecule is CCN(CC)S(=O)(=O)c1cc(C)c(C)c(NC(=O)[C@@H]2CCCN2C(=O)OC(C)(C)C)c1. The Morgan fingerprint density at radius 2 is 1.81 bits per heavy atom. The topological polar surface area (TPSA) is 96.0 Å². The van der Waals surface area contributed by atoms with Crippen molar-refractivity contribution in [2.24, 2.45) is 0 Å². The van der Waals surface area contributed by atoms with Crippen molar-refractivity contribution >= 4 is 27.7 Å². The fraction of sp³-hybridized carbons (Fsp3) is 0.636. The highest BCUT2D eigenvalue weighted by Gasteiger charge is 2.37. The molecule has 1 fully saturated rings. The number of amides is 2. The number of hydrogen-bond donors (Lipinski definition) is 1. The molecule has 1 atom stereocenters. The third kappa shape index (κ3) is 5.77. The summed E-state index contributed by atoms with van der Waals surface area (Å²) in [4.78, 5) is 27.1. The molecule has 0 aliphatic carbocycles. The zero-order valence-electron chi connectivity index (χ0n) is 19.6. The smallest absolute Gasteiger partial charge is 0.410 e. The number of sulfonamides is 1. The average Bonchev–Trinajstić information content (AvgIpc) is 3.14. The molecule has 1 aliphatic rings. The molecule has 2 rings (SSSR count). The van der Waals surface area contributed by atoms with Crippen LogP contribution in [0.1, 0.15) is 58.6 Å². The highest BCUT2D eigenvalue weighted by Crippen LogP contribution is 2.28. The number of ether oxygens (including phenoxy) is 1. The van der Waals surface area contributed by atoms with Gasteiger partial charge < -0.3 is 10.1 Å². The van der Waals surface area contributed by atoms with E-state index in [0.29, 0.717) is 38.2 Å². The fourth-order valence-electron chi connectivity index (χ4n) is 3.61. The number of carbonyl (C=O) groups is 2. The number of aryl methyl sites for hydroxylation is 1. The van der Waals surface area contributed by atoms with E-state index in [2.05, 4.69) is 5.32 Å². The first-order chi connectivity index (χ1) is 14.3. The maximum absolute atomic E-state index is 13.0. The first kappa shape index (κ1) is 25.1. The molecule has 8 nitrogen and oxygen atoms in total. The molecule has 9 heteroatoms. The number of benzene rings is 1. The van der Waals surface area contributed by atoms with Gasteiger partial charge in [0.1, 0.15) is 11.6 Å². The lowest BCUT2D eigenvalue weighted by Gasteiger charge is -2.28. The number of hydrogen-bond acceptors (Lipinski definition) is 5. The molecular weight excluding hydrogens is 418 g/mol. The maximum atomic E-state index is 13.0. The lowest BCUT2D eigenvalue weighted by molar-refractivity contribution is -0.120. The van der Waals surface area contributed by atoms with E-state index in [1.165, 1.54) is 15.3 Å². The summed E-state index contributed by atoms with van der Waals surface area (Å²) in [6.45, 7) is 13.7. The largest absolute Gasteiger partial charge is 0.444 e. The molecule has 0 radical (unpaired) electrons. The number of rotatable bonds is 6. The molecule has 1 heterocycles. The van der Waals surface area contributed by atoms with E-state index >= 15 is 0 Å². The van der Waals surface area contributed by atoms with Crippen LogP contribution in [0.4, 0.5) is 10.5 Å². The lowest BCUT2D eigenvalue weighted by Crippen LogP contribution is -2.45. The van der Waals surface area contributed by atoms with Crippen LogP contribution in [0, 0.1) is 13.8 Å². The van der Waals surface area contributed by atoms with Crippen LogP contribution in [0.25, 0.3) is 0 Å². The Balaban J connectivity index is 2.30. The molecule has 1 aromatic rings. The van der Waals surface area contributed by atoms with Crippen LogP contribution in [-0.4, -0.2) is 60.9 Å². The van der Waals surface area contributed by atoms with Crippen molar-refractivity contribution < 1.29 is 22.7 Å². The number of likely N-dealkylation sites (tertiary alicyclic amines) is 1. The van der Waals surface area contributed by atoms with Gasteiger partial charge in [0.25, 0.3) is 0 Å². The first-order valence-corrected chi connectivity index (χ1v) is 12.2. The van der Waals surface area contributed by atoms with Crippen molar-refractivity contribution in [3.05, 3.63) is 23.3 Å². The molecule has 0 spiro atoms.